The molecule has 0 saturated heterocycles. The zero-order valence-electron chi connectivity index (χ0n) is 10.6. The van der Waals surface area contributed by atoms with Crippen molar-refractivity contribution >= 4 is 22.5 Å². The second-order valence-corrected chi connectivity index (χ2v) is 4.82. The molecule has 0 aliphatic carbocycles. The normalized spacial score (nSPS) is 10.9. The zero-order valence-corrected chi connectivity index (χ0v) is 11.3. The Kier molecular flexibility index (Phi) is 3.03. The van der Waals surface area contributed by atoms with Crippen molar-refractivity contribution in [3.8, 4) is 22.8 Å². The van der Waals surface area contributed by atoms with Gasteiger partial charge in [-0.2, -0.15) is 0 Å². The molecule has 2 N–H and O–H groups in total. The zero-order chi connectivity index (χ0) is 14.3. The van der Waals surface area contributed by atoms with Crippen molar-refractivity contribution in [1.82, 2.24) is 4.98 Å². The summed E-state index contributed by atoms with van der Waals surface area (Å²) in [6.45, 7) is 0. The van der Waals surface area contributed by atoms with Crippen molar-refractivity contribution in [2.24, 2.45) is 0 Å². The van der Waals surface area contributed by atoms with Gasteiger partial charge in [-0.05, 0) is 36.4 Å². The fraction of sp³-hybridized carbons (Fsp3) is 0.0667. The average Bonchev–Trinajstić information content (AvgIpc) is 2.76. The van der Waals surface area contributed by atoms with Crippen LogP contribution in [-0.2, 0) is 0 Å². The summed E-state index contributed by atoms with van der Waals surface area (Å²) in [5.74, 6) is 0.0636. The van der Waals surface area contributed by atoms with E-state index in [9.17, 15) is 9.50 Å². The summed E-state index contributed by atoms with van der Waals surface area (Å²) >= 11 is 5.78. The van der Waals surface area contributed by atoms with Crippen LogP contribution in [0.1, 0.15) is 0 Å². The molecular formula is C15H11ClFNO2. The summed E-state index contributed by atoms with van der Waals surface area (Å²) in [5, 5.41) is 10.7. The van der Waals surface area contributed by atoms with Crippen molar-refractivity contribution in [2.45, 2.75) is 0 Å². The molecule has 0 bridgehead atoms. The van der Waals surface area contributed by atoms with Gasteiger partial charge in [-0.1, -0.05) is 11.6 Å². The van der Waals surface area contributed by atoms with E-state index in [0.717, 1.165) is 0 Å². The molecule has 0 fully saturated rings. The number of nitrogens with one attached hydrogen (secondary N) is 1. The molecule has 0 amide bonds. The summed E-state index contributed by atoms with van der Waals surface area (Å²) in [4.78, 5) is 2.96. The third kappa shape index (κ3) is 1.98. The highest BCUT2D eigenvalue weighted by atomic mass is 35.5. The number of benzene rings is 2. The highest BCUT2D eigenvalue weighted by Gasteiger charge is 2.16. The highest BCUT2D eigenvalue weighted by Crippen LogP contribution is 2.36. The van der Waals surface area contributed by atoms with Crippen LogP contribution >= 0.6 is 11.6 Å². The van der Waals surface area contributed by atoms with Crippen LogP contribution in [0.4, 0.5) is 4.39 Å². The Labute approximate surface area is 119 Å². The molecule has 3 nitrogen and oxygen atoms in total. The van der Waals surface area contributed by atoms with Gasteiger partial charge in [-0.15, -0.1) is 0 Å². The van der Waals surface area contributed by atoms with Crippen molar-refractivity contribution in [3.63, 3.8) is 0 Å². The summed E-state index contributed by atoms with van der Waals surface area (Å²) in [6, 6.07) is 9.63. The number of aromatic amines is 1. The second-order valence-electron chi connectivity index (χ2n) is 4.39. The number of rotatable bonds is 2. The van der Waals surface area contributed by atoms with E-state index >= 15 is 0 Å². The highest BCUT2D eigenvalue weighted by molar-refractivity contribution is 6.30. The molecule has 0 radical (unpaired) electrons. The van der Waals surface area contributed by atoms with Crippen molar-refractivity contribution < 1.29 is 14.2 Å². The van der Waals surface area contributed by atoms with Gasteiger partial charge >= 0.3 is 0 Å². The molecule has 3 rings (SSSR count). The minimum Gasteiger partial charge on any atom is -0.507 e. The minimum absolute atomic E-state index is 0.0741. The van der Waals surface area contributed by atoms with E-state index in [1.54, 1.807) is 30.3 Å². The molecule has 5 heteroatoms. The van der Waals surface area contributed by atoms with Gasteiger partial charge in [0.2, 0.25) is 0 Å². The molecular weight excluding hydrogens is 281 g/mol. The lowest BCUT2D eigenvalue weighted by Crippen LogP contribution is -1.83. The molecule has 3 aromatic rings. The topological polar surface area (TPSA) is 45.2 Å². The molecule has 0 atom stereocenters. The van der Waals surface area contributed by atoms with Crippen molar-refractivity contribution in [2.75, 3.05) is 7.11 Å². The SMILES string of the molecule is COc1ccc2[nH]c(-c3ccc(Cl)cc3O)c(F)c2c1. The maximum absolute atomic E-state index is 14.5. The van der Waals surface area contributed by atoms with Crippen LogP contribution in [0.25, 0.3) is 22.2 Å². The first kappa shape index (κ1) is 12.8. The van der Waals surface area contributed by atoms with Gasteiger partial charge in [0.05, 0.1) is 12.8 Å². The Morgan fingerprint density at radius 2 is 2.00 bits per heavy atom. The molecule has 1 aromatic heterocycles. The quantitative estimate of drug-likeness (QED) is 0.737. The van der Waals surface area contributed by atoms with Gasteiger partial charge in [0.15, 0.2) is 5.82 Å². The number of hydrogen-bond donors (Lipinski definition) is 2. The van der Waals surface area contributed by atoms with Crippen molar-refractivity contribution in [1.29, 1.82) is 0 Å². The number of phenols is 1. The molecule has 0 spiro atoms. The van der Waals surface area contributed by atoms with Crippen LogP contribution in [0.3, 0.4) is 0 Å². The first-order valence-corrected chi connectivity index (χ1v) is 6.32. The van der Waals surface area contributed by atoms with Crippen LogP contribution < -0.4 is 4.74 Å². The maximum atomic E-state index is 14.5. The van der Waals surface area contributed by atoms with Gasteiger partial charge in [-0.25, -0.2) is 4.39 Å². The van der Waals surface area contributed by atoms with E-state index in [0.29, 0.717) is 27.2 Å². The molecule has 1 heterocycles. The first-order valence-electron chi connectivity index (χ1n) is 5.94. The fourth-order valence-electron chi connectivity index (χ4n) is 2.17. The lowest BCUT2D eigenvalue weighted by Gasteiger charge is -2.02. The largest absolute Gasteiger partial charge is 0.507 e. The summed E-state index contributed by atoms with van der Waals surface area (Å²) in [7, 11) is 1.53. The second kappa shape index (κ2) is 4.72. The Bertz CT molecular complexity index is 798. The summed E-state index contributed by atoms with van der Waals surface area (Å²) in [5.41, 5.74) is 1.22. The smallest absolute Gasteiger partial charge is 0.156 e. The molecule has 102 valence electrons. The van der Waals surface area contributed by atoms with Crippen LogP contribution in [0.2, 0.25) is 5.02 Å². The third-order valence-electron chi connectivity index (χ3n) is 3.17. The lowest BCUT2D eigenvalue weighted by atomic mass is 10.1. The Balaban J connectivity index is 2.24. The Morgan fingerprint density at radius 1 is 1.20 bits per heavy atom. The predicted octanol–water partition coefficient (Wildman–Crippen LogP) is 4.34. The number of methoxy groups -OCH3 is 1. The fourth-order valence-corrected chi connectivity index (χ4v) is 2.33. The van der Waals surface area contributed by atoms with Gasteiger partial charge < -0.3 is 14.8 Å². The number of ether oxygens (including phenoxy) is 1. The number of fused-ring (bicyclic) bond motifs is 1. The number of aromatic nitrogens is 1. The summed E-state index contributed by atoms with van der Waals surface area (Å²) < 4.78 is 19.6. The van der Waals surface area contributed by atoms with E-state index in [-0.39, 0.29) is 11.4 Å². The van der Waals surface area contributed by atoms with Gasteiger partial charge in [-0.3, -0.25) is 0 Å². The van der Waals surface area contributed by atoms with E-state index < -0.39 is 5.82 Å². The number of halogens is 2. The van der Waals surface area contributed by atoms with E-state index in [4.69, 9.17) is 16.3 Å². The molecule has 0 saturated carbocycles. The van der Waals surface area contributed by atoms with Crippen LogP contribution in [0.15, 0.2) is 36.4 Å². The number of H-pyrrole nitrogens is 1. The van der Waals surface area contributed by atoms with Crippen molar-refractivity contribution in [3.05, 3.63) is 47.2 Å². The van der Waals surface area contributed by atoms with Gasteiger partial charge in [0, 0.05) is 21.5 Å². The van der Waals surface area contributed by atoms with Crippen LogP contribution in [0.5, 0.6) is 11.5 Å². The van der Waals surface area contributed by atoms with E-state index in [1.807, 2.05) is 0 Å². The standard InChI is InChI=1S/C15H11ClFNO2/c1-20-9-3-5-12-11(7-9)14(17)15(18-12)10-4-2-8(16)6-13(10)19/h2-7,18-19H,1H3. The van der Waals surface area contributed by atoms with Crippen LogP contribution in [-0.4, -0.2) is 17.2 Å². The monoisotopic (exact) mass is 291 g/mol. The van der Waals surface area contributed by atoms with E-state index in [2.05, 4.69) is 4.98 Å². The van der Waals surface area contributed by atoms with Gasteiger partial charge in [0.25, 0.3) is 0 Å². The summed E-state index contributed by atoms with van der Waals surface area (Å²) in [6.07, 6.45) is 0. The lowest BCUT2D eigenvalue weighted by molar-refractivity contribution is 0.415. The Hall–Kier alpha value is -2.20. The number of aromatic hydroxyl groups is 1. The maximum Gasteiger partial charge on any atom is 0.156 e. The number of hydrogen-bond acceptors (Lipinski definition) is 2. The van der Waals surface area contributed by atoms with Gasteiger partial charge in [0.1, 0.15) is 11.5 Å². The molecule has 2 aromatic carbocycles. The predicted molar refractivity (Wildman–Crippen MR) is 76.9 cm³/mol. The molecule has 0 unspecified atom stereocenters. The first-order chi connectivity index (χ1) is 9.60. The molecule has 20 heavy (non-hydrogen) atoms. The average molecular weight is 292 g/mol. The minimum atomic E-state index is -0.434. The van der Waals surface area contributed by atoms with E-state index in [1.165, 1.54) is 13.2 Å². The Morgan fingerprint density at radius 3 is 2.70 bits per heavy atom. The third-order valence-corrected chi connectivity index (χ3v) is 3.41. The van der Waals surface area contributed by atoms with Crippen LogP contribution in [0, 0.1) is 5.82 Å². The molecule has 0 aliphatic rings. The molecule has 0 aliphatic heterocycles. The number of phenolic OH excluding ortho intramolecular Hbond substituents is 1.